The van der Waals surface area contributed by atoms with E-state index < -0.39 is 12.1 Å². The zero-order valence-corrected chi connectivity index (χ0v) is 3.96. The fraction of sp³-hybridized carbons (Fsp3) is 0.333. The van der Waals surface area contributed by atoms with Crippen LogP contribution in [0.1, 0.15) is 0 Å². The Hall–Kier alpha value is -1.10. The summed E-state index contributed by atoms with van der Waals surface area (Å²) < 4.78 is 0. The van der Waals surface area contributed by atoms with Crippen molar-refractivity contribution in [2.45, 2.75) is 6.17 Å². The molecular formula is C3H4N4O. The zero-order chi connectivity index (χ0) is 6.15. The normalized spacial score (nSPS) is 27.4. The van der Waals surface area contributed by atoms with Crippen molar-refractivity contribution in [3.05, 3.63) is 0 Å². The predicted molar refractivity (Wildman–Crippen MR) is 25.6 cm³/mol. The first-order chi connectivity index (χ1) is 3.72. The van der Waals surface area contributed by atoms with Crippen molar-refractivity contribution in [1.82, 2.24) is 0 Å². The van der Waals surface area contributed by atoms with Crippen LogP contribution in [0, 0.1) is 5.41 Å². The summed E-state index contributed by atoms with van der Waals surface area (Å²) >= 11 is 0. The lowest BCUT2D eigenvalue weighted by Crippen LogP contribution is -2.27. The van der Waals surface area contributed by atoms with E-state index in [-0.39, 0.29) is 5.71 Å². The first-order valence-electron chi connectivity index (χ1n) is 2.01. The minimum Gasteiger partial charge on any atom is -0.303 e. The van der Waals surface area contributed by atoms with Gasteiger partial charge in [-0.3, -0.25) is 10.2 Å². The molecule has 8 heavy (non-hydrogen) atoms. The smallest absolute Gasteiger partial charge is 0.303 e. The summed E-state index contributed by atoms with van der Waals surface area (Å²) in [7, 11) is 0. The lowest BCUT2D eigenvalue weighted by Gasteiger charge is -1.89. The molecule has 1 heterocycles. The molecule has 0 fully saturated rings. The molecular weight excluding hydrogens is 108 g/mol. The number of nitrogens with two attached hydrogens (primary N) is 1. The minimum atomic E-state index is -0.817. The Kier molecular flexibility index (Phi) is 0.911. The van der Waals surface area contributed by atoms with E-state index in [1.807, 2.05) is 0 Å². The molecule has 0 saturated heterocycles. The van der Waals surface area contributed by atoms with Gasteiger partial charge in [-0.15, -0.1) is 5.11 Å². The highest BCUT2D eigenvalue weighted by atomic mass is 16.2. The van der Waals surface area contributed by atoms with Crippen LogP contribution in [0.15, 0.2) is 10.2 Å². The largest absolute Gasteiger partial charge is 0.312 e. The molecule has 0 radical (unpaired) electrons. The molecule has 1 rings (SSSR count). The Balaban J connectivity index is 2.85. The van der Waals surface area contributed by atoms with Gasteiger partial charge in [0.1, 0.15) is 5.71 Å². The third kappa shape index (κ3) is 0.526. The van der Waals surface area contributed by atoms with E-state index in [0.29, 0.717) is 0 Å². The van der Waals surface area contributed by atoms with Gasteiger partial charge in [0.25, 0.3) is 0 Å². The van der Waals surface area contributed by atoms with Gasteiger partial charge in [0, 0.05) is 0 Å². The standard InChI is InChI=1S/C3H4N4O/c4-1-2(5)6-7-3(1)8/h2,4H,5H2. The van der Waals surface area contributed by atoms with Crippen LogP contribution in [0.5, 0.6) is 0 Å². The topological polar surface area (TPSA) is 91.7 Å². The number of carbonyl (C=O) groups is 1. The van der Waals surface area contributed by atoms with Crippen molar-refractivity contribution in [2.75, 3.05) is 0 Å². The molecule has 1 atom stereocenters. The number of amides is 1. The van der Waals surface area contributed by atoms with E-state index in [2.05, 4.69) is 10.2 Å². The van der Waals surface area contributed by atoms with Gasteiger partial charge in [0.05, 0.1) is 0 Å². The average molecular weight is 112 g/mol. The highest BCUT2D eigenvalue weighted by molar-refractivity contribution is 6.40. The second kappa shape index (κ2) is 1.45. The highest BCUT2D eigenvalue weighted by Crippen LogP contribution is 1.98. The van der Waals surface area contributed by atoms with Crippen LogP contribution in [0.4, 0.5) is 0 Å². The molecule has 3 N–H and O–H groups in total. The predicted octanol–water partition coefficient (Wildman–Crippen LogP) is -0.717. The monoisotopic (exact) mass is 112 g/mol. The maximum Gasteiger partial charge on any atom is 0.312 e. The van der Waals surface area contributed by atoms with Gasteiger partial charge in [-0.1, -0.05) is 0 Å². The lowest BCUT2D eigenvalue weighted by atomic mass is 10.3. The zero-order valence-electron chi connectivity index (χ0n) is 3.96. The molecule has 0 spiro atoms. The molecule has 0 aromatic carbocycles. The number of hydrogen-bond donors (Lipinski definition) is 2. The molecule has 42 valence electrons. The molecule has 0 aliphatic carbocycles. The van der Waals surface area contributed by atoms with Gasteiger partial charge in [-0.2, -0.15) is 5.11 Å². The Bertz CT molecular complexity index is 172. The second-order valence-electron chi connectivity index (χ2n) is 1.38. The van der Waals surface area contributed by atoms with Crippen LogP contribution in [0.2, 0.25) is 0 Å². The van der Waals surface area contributed by atoms with Gasteiger partial charge < -0.3 is 5.73 Å². The third-order valence-corrected chi connectivity index (χ3v) is 0.799. The van der Waals surface area contributed by atoms with Gasteiger partial charge in [-0.05, 0) is 0 Å². The molecule has 1 amide bonds. The summed E-state index contributed by atoms with van der Waals surface area (Å²) in [6.07, 6.45) is -0.817. The Labute approximate surface area is 45.1 Å². The first kappa shape index (κ1) is 5.04. The second-order valence-corrected chi connectivity index (χ2v) is 1.38. The van der Waals surface area contributed by atoms with Gasteiger partial charge in [0.15, 0.2) is 6.17 Å². The van der Waals surface area contributed by atoms with E-state index in [9.17, 15) is 4.79 Å². The van der Waals surface area contributed by atoms with Crippen LogP contribution in [0.3, 0.4) is 0 Å². The summed E-state index contributed by atoms with van der Waals surface area (Å²) in [5.41, 5.74) is 4.83. The molecule has 0 saturated carbocycles. The number of azo groups is 1. The fourth-order valence-corrected chi connectivity index (χ4v) is 0.353. The van der Waals surface area contributed by atoms with Crippen LogP contribution in [-0.4, -0.2) is 17.8 Å². The summed E-state index contributed by atoms with van der Waals surface area (Å²) in [6.45, 7) is 0. The highest BCUT2D eigenvalue weighted by Gasteiger charge is 2.22. The Morgan fingerprint density at radius 1 is 1.75 bits per heavy atom. The first-order valence-corrected chi connectivity index (χ1v) is 2.01. The summed E-state index contributed by atoms with van der Waals surface area (Å²) in [5, 5.41) is 13.1. The van der Waals surface area contributed by atoms with Crippen molar-refractivity contribution < 1.29 is 4.79 Å². The van der Waals surface area contributed by atoms with Crippen molar-refractivity contribution in [1.29, 1.82) is 5.41 Å². The SMILES string of the molecule is N=C1C(=O)N=NC1N. The molecule has 5 heteroatoms. The average Bonchev–Trinajstić information content (AvgIpc) is 1.98. The maximum atomic E-state index is 10.2. The Morgan fingerprint density at radius 3 is 2.50 bits per heavy atom. The minimum absolute atomic E-state index is 0.231. The number of nitrogens with one attached hydrogen (secondary N) is 1. The summed E-state index contributed by atoms with van der Waals surface area (Å²) in [5.74, 6) is -0.627. The van der Waals surface area contributed by atoms with E-state index in [1.165, 1.54) is 0 Å². The van der Waals surface area contributed by atoms with Crippen molar-refractivity contribution in [3.63, 3.8) is 0 Å². The van der Waals surface area contributed by atoms with Crippen LogP contribution in [-0.2, 0) is 4.79 Å². The van der Waals surface area contributed by atoms with Gasteiger partial charge >= 0.3 is 5.91 Å². The van der Waals surface area contributed by atoms with Gasteiger partial charge in [0.2, 0.25) is 0 Å². The maximum absolute atomic E-state index is 10.2. The number of nitrogens with zero attached hydrogens (tertiary/aromatic N) is 2. The quantitative estimate of drug-likeness (QED) is 0.433. The van der Waals surface area contributed by atoms with Crippen molar-refractivity contribution in [2.24, 2.45) is 16.0 Å². The van der Waals surface area contributed by atoms with Crippen LogP contribution >= 0.6 is 0 Å². The lowest BCUT2D eigenvalue weighted by molar-refractivity contribution is -0.111. The molecule has 0 aromatic heterocycles. The number of hydrogen-bond acceptors (Lipinski definition) is 4. The summed E-state index contributed by atoms with van der Waals surface area (Å²) in [4.78, 5) is 10.2. The van der Waals surface area contributed by atoms with Gasteiger partial charge in [-0.25, -0.2) is 0 Å². The molecule has 0 aromatic rings. The van der Waals surface area contributed by atoms with E-state index in [1.54, 1.807) is 0 Å². The molecule has 1 aliphatic heterocycles. The van der Waals surface area contributed by atoms with Crippen molar-refractivity contribution in [3.8, 4) is 0 Å². The molecule has 5 nitrogen and oxygen atoms in total. The van der Waals surface area contributed by atoms with E-state index >= 15 is 0 Å². The van der Waals surface area contributed by atoms with Crippen molar-refractivity contribution >= 4 is 11.6 Å². The third-order valence-electron chi connectivity index (χ3n) is 0.799. The van der Waals surface area contributed by atoms with E-state index in [0.717, 1.165) is 0 Å². The number of carbonyl (C=O) groups excluding carboxylic acids is 1. The summed E-state index contributed by atoms with van der Waals surface area (Å²) in [6, 6.07) is 0. The molecule has 1 unspecified atom stereocenters. The van der Waals surface area contributed by atoms with Crippen LogP contribution in [0.25, 0.3) is 0 Å². The molecule has 1 aliphatic rings. The number of rotatable bonds is 0. The van der Waals surface area contributed by atoms with E-state index in [4.69, 9.17) is 11.1 Å². The van der Waals surface area contributed by atoms with Crippen LogP contribution < -0.4 is 5.73 Å². The fourth-order valence-electron chi connectivity index (χ4n) is 0.353. The molecule has 0 bridgehead atoms. The Morgan fingerprint density at radius 2 is 2.38 bits per heavy atom.